The van der Waals surface area contributed by atoms with Crippen LogP contribution in [0.4, 0.5) is 31.8 Å². The number of aromatic nitrogens is 4. The van der Waals surface area contributed by atoms with Gasteiger partial charge in [0, 0.05) is 60.8 Å². The van der Waals surface area contributed by atoms with E-state index in [2.05, 4.69) is 51.0 Å². The number of carbonyl (C=O) groups is 1. The highest BCUT2D eigenvalue weighted by molar-refractivity contribution is 6.02. The number of pyridine rings is 1. The summed E-state index contributed by atoms with van der Waals surface area (Å²) in [6.07, 6.45) is 4.49. The Hall–Kier alpha value is -5.30. The molecule has 1 fully saturated rings. The summed E-state index contributed by atoms with van der Waals surface area (Å²) in [5.41, 5.74) is 3.27. The molecule has 1 amide bonds. The summed E-state index contributed by atoms with van der Waals surface area (Å²) >= 11 is 0. The molecule has 4 heterocycles. The van der Waals surface area contributed by atoms with Gasteiger partial charge >= 0.3 is 0 Å². The third-order valence-electron chi connectivity index (χ3n) is 8.09. The monoisotopic (exact) mass is 628 g/mol. The molecule has 2 aromatic carbocycles. The van der Waals surface area contributed by atoms with E-state index in [-0.39, 0.29) is 46.2 Å². The van der Waals surface area contributed by atoms with Gasteiger partial charge in [-0.05, 0) is 51.2 Å². The van der Waals surface area contributed by atoms with Crippen molar-refractivity contribution in [3.8, 4) is 22.6 Å². The second-order valence-electron chi connectivity index (χ2n) is 11.2. The molecule has 5 aromatic rings. The van der Waals surface area contributed by atoms with Gasteiger partial charge in [-0.1, -0.05) is 6.58 Å². The summed E-state index contributed by atoms with van der Waals surface area (Å²) in [7, 11) is 4.70. The van der Waals surface area contributed by atoms with Crippen LogP contribution in [0.1, 0.15) is 12.6 Å². The summed E-state index contributed by atoms with van der Waals surface area (Å²) < 4.78 is 43.1. The number of imidazole rings is 1. The van der Waals surface area contributed by atoms with E-state index < -0.39 is 11.6 Å². The van der Waals surface area contributed by atoms with Crippen LogP contribution < -0.4 is 25.0 Å². The first-order valence-electron chi connectivity index (χ1n) is 14.7. The van der Waals surface area contributed by atoms with Crippen molar-refractivity contribution in [2.45, 2.75) is 19.9 Å². The number of benzene rings is 2. The van der Waals surface area contributed by atoms with Crippen molar-refractivity contribution in [3.05, 3.63) is 72.7 Å². The number of carbonyl (C=O) groups excluding carboxylic acids is 1. The lowest BCUT2D eigenvalue weighted by Gasteiger charge is -2.40. The minimum Gasteiger partial charge on any atom is -0.494 e. The number of hydrogen-bond donors (Lipinski definition) is 2. The van der Waals surface area contributed by atoms with E-state index in [0.29, 0.717) is 28.1 Å². The molecular weight excluding hydrogens is 594 g/mol. The molecule has 13 heteroatoms. The topological polar surface area (TPSA) is 109 Å². The number of halogens is 2. The van der Waals surface area contributed by atoms with Gasteiger partial charge < -0.3 is 29.9 Å². The molecule has 0 aliphatic carbocycles. The van der Waals surface area contributed by atoms with Gasteiger partial charge in [-0.2, -0.15) is 4.98 Å². The van der Waals surface area contributed by atoms with E-state index in [1.807, 2.05) is 18.2 Å². The Kier molecular flexibility index (Phi) is 8.17. The standard InChI is InChI=1S/C33H34F2N8O3/c1-7-27(44)38-24-13-21(42-11-10-41(4)17-19(42)3)8-9-23(24)39-33-36-15-20-12-22(32-37-18(2)16-43(32)31(20)40-33)28-29(34)25(45-5)14-26(46-6)30(28)35/h7-9,12-16,19H,1,10-11,17H2,2-6H3,(H,38,44)(H,36,39,40). The number of rotatable bonds is 8. The van der Waals surface area contributed by atoms with Gasteiger partial charge in [0.1, 0.15) is 5.65 Å². The van der Waals surface area contributed by atoms with Gasteiger partial charge in [-0.25, -0.2) is 18.7 Å². The van der Waals surface area contributed by atoms with E-state index in [4.69, 9.17) is 14.5 Å². The van der Waals surface area contributed by atoms with Crippen LogP contribution in [0.15, 0.2) is 55.4 Å². The Morgan fingerprint density at radius 3 is 2.46 bits per heavy atom. The summed E-state index contributed by atoms with van der Waals surface area (Å²) in [4.78, 5) is 30.8. The zero-order valence-electron chi connectivity index (χ0n) is 26.2. The molecule has 6 rings (SSSR count). The van der Waals surface area contributed by atoms with Crippen LogP contribution in [0.25, 0.3) is 27.8 Å². The number of methoxy groups -OCH3 is 2. The molecular formula is C33H34F2N8O3. The predicted molar refractivity (Wildman–Crippen MR) is 174 cm³/mol. The van der Waals surface area contributed by atoms with E-state index in [1.165, 1.54) is 20.3 Å². The molecule has 0 spiro atoms. The Balaban J connectivity index is 1.43. The Bertz CT molecular complexity index is 1970. The van der Waals surface area contributed by atoms with Crippen LogP contribution in [0.3, 0.4) is 0 Å². The average molecular weight is 629 g/mol. The van der Waals surface area contributed by atoms with E-state index in [1.54, 1.807) is 29.8 Å². The molecule has 1 aliphatic heterocycles. The number of nitrogens with zero attached hydrogens (tertiary/aromatic N) is 6. The summed E-state index contributed by atoms with van der Waals surface area (Å²) in [6.45, 7) is 10.2. The molecule has 0 saturated carbocycles. The molecule has 238 valence electrons. The number of piperazine rings is 1. The number of nitrogens with one attached hydrogen (secondary N) is 2. The molecule has 2 N–H and O–H groups in total. The first kappa shape index (κ1) is 30.7. The quantitative estimate of drug-likeness (QED) is 0.214. The average Bonchev–Trinajstić information content (AvgIpc) is 3.44. The molecule has 0 radical (unpaired) electrons. The fraction of sp³-hybridized carbons (Fsp3) is 0.273. The maximum atomic E-state index is 15.6. The number of anilines is 4. The summed E-state index contributed by atoms with van der Waals surface area (Å²) in [5.74, 6) is -2.22. The molecule has 3 aromatic heterocycles. The van der Waals surface area contributed by atoms with Crippen molar-refractivity contribution >= 4 is 45.6 Å². The first-order chi connectivity index (χ1) is 22.1. The Morgan fingerprint density at radius 2 is 1.78 bits per heavy atom. The summed E-state index contributed by atoms with van der Waals surface area (Å²) in [6, 6.07) is 8.81. The lowest BCUT2D eigenvalue weighted by atomic mass is 10.0. The number of hydrogen-bond acceptors (Lipinski definition) is 9. The van der Waals surface area contributed by atoms with Gasteiger partial charge in [0.25, 0.3) is 0 Å². The number of amides is 1. The zero-order valence-corrected chi connectivity index (χ0v) is 26.2. The van der Waals surface area contributed by atoms with Crippen LogP contribution in [0.5, 0.6) is 11.5 Å². The normalized spacial score (nSPS) is 15.3. The predicted octanol–water partition coefficient (Wildman–Crippen LogP) is 5.56. The maximum Gasteiger partial charge on any atom is 0.247 e. The van der Waals surface area contributed by atoms with Gasteiger partial charge in [0.2, 0.25) is 11.9 Å². The largest absolute Gasteiger partial charge is 0.494 e. The van der Waals surface area contributed by atoms with Crippen LogP contribution in [-0.2, 0) is 4.79 Å². The third-order valence-corrected chi connectivity index (χ3v) is 8.09. The van der Waals surface area contributed by atoms with Crippen LogP contribution in [0.2, 0.25) is 0 Å². The second kappa shape index (κ2) is 12.2. The van der Waals surface area contributed by atoms with E-state index in [9.17, 15) is 4.79 Å². The fourth-order valence-corrected chi connectivity index (χ4v) is 5.86. The second-order valence-corrected chi connectivity index (χ2v) is 11.2. The van der Waals surface area contributed by atoms with Crippen molar-refractivity contribution < 1.29 is 23.0 Å². The molecule has 0 bridgehead atoms. The molecule has 1 atom stereocenters. The molecule has 46 heavy (non-hydrogen) atoms. The Morgan fingerprint density at radius 1 is 1.04 bits per heavy atom. The van der Waals surface area contributed by atoms with Crippen LogP contribution in [0, 0.1) is 18.6 Å². The first-order valence-corrected chi connectivity index (χ1v) is 14.7. The van der Waals surface area contributed by atoms with Crippen molar-refractivity contribution in [1.82, 2.24) is 24.3 Å². The van der Waals surface area contributed by atoms with E-state index >= 15 is 8.78 Å². The van der Waals surface area contributed by atoms with E-state index in [0.717, 1.165) is 31.4 Å². The van der Waals surface area contributed by atoms with Gasteiger partial charge in [-0.15, -0.1) is 0 Å². The molecule has 11 nitrogen and oxygen atoms in total. The van der Waals surface area contributed by atoms with Crippen molar-refractivity contribution in [2.75, 3.05) is 56.4 Å². The van der Waals surface area contributed by atoms with Crippen molar-refractivity contribution in [3.63, 3.8) is 0 Å². The lowest BCUT2D eigenvalue weighted by molar-refractivity contribution is -0.111. The highest BCUT2D eigenvalue weighted by Crippen LogP contribution is 2.40. The van der Waals surface area contributed by atoms with Crippen LogP contribution in [-0.4, -0.2) is 77.1 Å². The third kappa shape index (κ3) is 5.53. The number of ether oxygens (including phenoxy) is 2. The van der Waals surface area contributed by atoms with Gasteiger partial charge in [-0.3, -0.25) is 9.20 Å². The SMILES string of the molecule is C=CC(=O)Nc1cc(N2CCN(C)CC2C)ccc1Nc1ncc2cc(-c3c(F)c(OC)cc(OC)c3F)c3nc(C)cn3c2n1. The molecule has 1 unspecified atom stereocenters. The number of fused-ring (bicyclic) bond motifs is 3. The minimum atomic E-state index is -0.884. The van der Waals surface area contributed by atoms with Crippen molar-refractivity contribution in [2.24, 2.45) is 0 Å². The lowest BCUT2D eigenvalue weighted by Crippen LogP contribution is -2.50. The fourth-order valence-electron chi connectivity index (χ4n) is 5.86. The molecule has 1 aliphatic rings. The maximum absolute atomic E-state index is 15.6. The smallest absolute Gasteiger partial charge is 0.247 e. The van der Waals surface area contributed by atoms with Gasteiger partial charge in [0.15, 0.2) is 28.8 Å². The zero-order chi connectivity index (χ0) is 32.7. The Labute approximate surface area is 264 Å². The van der Waals surface area contributed by atoms with Crippen molar-refractivity contribution in [1.29, 1.82) is 0 Å². The molecule has 1 saturated heterocycles. The highest BCUT2D eigenvalue weighted by atomic mass is 19.1. The van der Waals surface area contributed by atoms with Gasteiger partial charge in [0.05, 0.1) is 36.9 Å². The van der Waals surface area contributed by atoms with Crippen LogP contribution >= 0.6 is 0 Å². The number of aryl methyl sites for hydroxylation is 1. The summed E-state index contributed by atoms with van der Waals surface area (Å²) in [5, 5.41) is 6.62. The minimum absolute atomic E-state index is 0.168. The number of likely N-dealkylation sites (N-methyl/N-ethyl adjacent to an activating group) is 1. The highest BCUT2D eigenvalue weighted by Gasteiger charge is 2.26.